The normalized spacial score (nSPS) is 17.1. The van der Waals surface area contributed by atoms with E-state index in [0.29, 0.717) is 5.56 Å². The van der Waals surface area contributed by atoms with Crippen LogP contribution in [-0.4, -0.2) is 34.5 Å². The van der Waals surface area contributed by atoms with Gasteiger partial charge in [0.15, 0.2) is 11.3 Å². The molecule has 4 N–H and O–H groups in total. The number of carbonyl (C=O) groups excluding carboxylic acids is 4. The quantitative estimate of drug-likeness (QED) is 0.365. The Balaban J connectivity index is 1.65. The molecule has 3 aromatic carbocycles. The Morgan fingerprint density at radius 1 is 0.974 bits per heavy atom. The molecule has 0 bridgehead atoms. The minimum absolute atomic E-state index is 0.257. The van der Waals surface area contributed by atoms with E-state index >= 15 is 0 Å². The van der Waals surface area contributed by atoms with Crippen LogP contribution in [0.25, 0.3) is 10.9 Å². The van der Waals surface area contributed by atoms with E-state index in [1.807, 2.05) is 24.3 Å². The molecule has 2 atom stereocenters. The third-order valence-electron chi connectivity index (χ3n) is 7.21. The number of ketones is 1. The van der Waals surface area contributed by atoms with Crippen molar-refractivity contribution in [2.75, 3.05) is 4.90 Å². The molecule has 0 saturated heterocycles. The summed E-state index contributed by atoms with van der Waals surface area (Å²) in [7, 11) is 0. The number of aromatic nitrogens is 1. The maximum atomic E-state index is 14.4. The van der Waals surface area contributed by atoms with E-state index in [0.717, 1.165) is 10.9 Å². The Kier molecular flexibility index (Phi) is 6.32. The lowest BCUT2D eigenvalue weighted by Crippen LogP contribution is -2.63. The fourth-order valence-corrected chi connectivity index (χ4v) is 5.42. The molecule has 0 spiro atoms. The van der Waals surface area contributed by atoms with Crippen LogP contribution in [0.3, 0.4) is 0 Å². The van der Waals surface area contributed by atoms with Crippen LogP contribution in [0.5, 0.6) is 0 Å². The summed E-state index contributed by atoms with van der Waals surface area (Å²) in [6.45, 7) is 3.61. The zero-order valence-electron chi connectivity index (χ0n) is 21.1. The van der Waals surface area contributed by atoms with E-state index in [1.165, 1.54) is 4.90 Å². The van der Waals surface area contributed by atoms with Crippen molar-refractivity contribution in [3.8, 4) is 0 Å². The second-order valence-corrected chi connectivity index (χ2v) is 9.77. The number of hydrogen-bond donors (Lipinski definition) is 3. The number of nitrogens with zero attached hydrogens (tertiary/aromatic N) is 1. The molecule has 38 heavy (non-hydrogen) atoms. The monoisotopic (exact) mass is 508 g/mol. The summed E-state index contributed by atoms with van der Waals surface area (Å²) in [6, 6.07) is 23.4. The average molecular weight is 509 g/mol. The van der Waals surface area contributed by atoms with Crippen LogP contribution in [0.1, 0.15) is 46.7 Å². The first-order chi connectivity index (χ1) is 18.2. The smallest absolute Gasteiger partial charge is 0.268 e. The largest absolute Gasteiger partial charge is 0.367 e. The van der Waals surface area contributed by atoms with E-state index in [1.54, 1.807) is 74.5 Å². The maximum absolute atomic E-state index is 14.4. The van der Waals surface area contributed by atoms with Gasteiger partial charge < -0.3 is 16.0 Å². The van der Waals surface area contributed by atoms with Gasteiger partial charge >= 0.3 is 0 Å². The molecule has 3 amide bonds. The molecule has 1 aromatic heterocycles. The van der Waals surface area contributed by atoms with Gasteiger partial charge in [0.2, 0.25) is 5.91 Å². The lowest BCUT2D eigenvalue weighted by Gasteiger charge is -2.45. The fourth-order valence-electron chi connectivity index (χ4n) is 5.42. The summed E-state index contributed by atoms with van der Waals surface area (Å²) in [5.74, 6) is -2.67. The predicted molar refractivity (Wildman–Crippen MR) is 145 cm³/mol. The zero-order valence-corrected chi connectivity index (χ0v) is 21.1. The van der Waals surface area contributed by atoms with Crippen molar-refractivity contribution in [2.24, 2.45) is 11.7 Å². The number of Topliss-reactive ketones (excluding diaryl/α,β-unsaturated/α-hetero) is 1. The number of hydrogen-bond acceptors (Lipinski definition) is 4. The summed E-state index contributed by atoms with van der Waals surface area (Å²) in [4.78, 5) is 58.9. The van der Waals surface area contributed by atoms with E-state index in [4.69, 9.17) is 5.73 Å². The third kappa shape index (κ3) is 3.94. The highest BCUT2D eigenvalue weighted by atomic mass is 16.2. The number of primary amides is 1. The van der Waals surface area contributed by atoms with Crippen molar-refractivity contribution in [2.45, 2.75) is 31.8 Å². The molecular formula is C30H28N4O4. The maximum Gasteiger partial charge on any atom is 0.268 e. The molecule has 192 valence electrons. The molecule has 2 unspecified atom stereocenters. The zero-order chi connectivity index (χ0) is 27.0. The number of aromatic amines is 1. The van der Waals surface area contributed by atoms with Crippen LogP contribution in [0.4, 0.5) is 5.69 Å². The van der Waals surface area contributed by atoms with Crippen molar-refractivity contribution >= 4 is 40.1 Å². The summed E-state index contributed by atoms with van der Waals surface area (Å²) in [6.07, 6.45) is -0.264. The number of anilines is 1. The first kappa shape index (κ1) is 25.0. The molecule has 8 heteroatoms. The number of nitrogens with two attached hydrogens (primary N) is 1. The number of para-hydroxylation sites is 2. The number of H-pyrrole nitrogens is 1. The van der Waals surface area contributed by atoms with Gasteiger partial charge in [-0.15, -0.1) is 0 Å². The third-order valence-corrected chi connectivity index (χ3v) is 7.21. The van der Waals surface area contributed by atoms with Crippen LogP contribution in [0, 0.1) is 5.92 Å². The number of carbonyl (C=O) groups is 4. The second kappa shape index (κ2) is 9.63. The molecule has 0 saturated carbocycles. The first-order valence-corrected chi connectivity index (χ1v) is 12.5. The first-order valence-electron chi connectivity index (χ1n) is 12.5. The van der Waals surface area contributed by atoms with Gasteiger partial charge in [0, 0.05) is 22.9 Å². The van der Waals surface area contributed by atoms with Crippen LogP contribution in [-0.2, 0) is 15.1 Å². The Morgan fingerprint density at radius 2 is 1.63 bits per heavy atom. The summed E-state index contributed by atoms with van der Waals surface area (Å²) < 4.78 is 0. The van der Waals surface area contributed by atoms with E-state index in [9.17, 15) is 19.2 Å². The van der Waals surface area contributed by atoms with E-state index < -0.39 is 35.2 Å². The van der Waals surface area contributed by atoms with Gasteiger partial charge in [-0.1, -0.05) is 74.5 Å². The van der Waals surface area contributed by atoms with Crippen molar-refractivity contribution in [1.82, 2.24) is 10.3 Å². The Morgan fingerprint density at radius 3 is 2.32 bits per heavy atom. The van der Waals surface area contributed by atoms with Gasteiger partial charge in [0.1, 0.15) is 11.7 Å². The number of rotatable bonds is 6. The van der Waals surface area contributed by atoms with Crippen molar-refractivity contribution in [3.05, 3.63) is 102 Å². The van der Waals surface area contributed by atoms with Gasteiger partial charge in [0.05, 0.1) is 5.69 Å². The van der Waals surface area contributed by atoms with E-state index in [2.05, 4.69) is 10.3 Å². The van der Waals surface area contributed by atoms with Crippen LogP contribution in [0.15, 0.2) is 84.9 Å². The topological polar surface area (TPSA) is 125 Å². The Bertz CT molecular complexity index is 1530. The number of benzene rings is 3. The Labute approximate surface area is 219 Å². The molecule has 8 nitrogen and oxygen atoms in total. The van der Waals surface area contributed by atoms with Crippen molar-refractivity contribution < 1.29 is 19.2 Å². The van der Waals surface area contributed by atoms with Gasteiger partial charge in [-0.3, -0.25) is 24.1 Å². The molecule has 0 fully saturated rings. The minimum Gasteiger partial charge on any atom is -0.367 e. The van der Waals surface area contributed by atoms with Crippen LogP contribution < -0.4 is 16.0 Å². The molecule has 5 rings (SSSR count). The van der Waals surface area contributed by atoms with Crippen molar-refractivity contribution in [3.63, 3.8) is 0 Å². The number of nitrogens with one attached hydrogen (secondary N) is 2. The van der Waals surface area contributed by atoms with Crippen LogP contribution >= 0.6 is 0 Å². The summed E-state index contributed by atoms with van der Waals surface area (Å²) in [5.41, 5.74) is 6.59. The highest BCUT2D eigenvalue weighted by Gasteiger charge is 2.53. The molecule has 0 aliphatic carbocycles. The van der Waals surface area contributed by atoms with Gasteiger partial charge in [-0.2, -0.15) is 0 Å². The lowest BCUT2D eigenvalue weighted by atomic mass is 9.76. The van der Waals surface area contributed by atoms with E-state index in [-0.39, 0.29) is 29.1 Å². The lowest BCUT2D eigenvalue weighted by molar-refractivity contribution is -0.131. The van der Waals surface area contributed by atoms with Crippen LogP contribution in [0.2, 0.25) is 0 Å². The molecule has 0 radical (unpaired) electrons. The van der Waals surface area contributed by atoms with Gasteiger partial charge in [-0.05, 0) is 35.7 Å². The fraction of sp³-hybridized carbons (Fsp3) is 0.200. The molecule has 1 aliphatic heterocycles. The second-order valence-electron chi connectivity index (χ2n) is 9.77. The molecule has 4 aromatic rings. The molecule has 1 aliphatic rings. The standard InChI is InChI=1S/C30H28N4O4/c1-18(2)30(29(31)38,20-11-4-3-5-12-20)34-25-15-9-7-13-21(25)26(35)17-24(28(34)37)33-27(36)23-16-19-10-6-8-14-22(19)32-23/h3-16,18,24,32H,17H2,1-2H3,(H2,31,38)(H,33,36). The number of amides is 3. The SMILES string of the molecule is CC(C)C(C(N)=O)(c1ccccc1)N1C(=O)C(NC(=O)c2cc3ccccc3[nH]2)CC(=O)c2ccccc21. The predicted octanol–water partition coefficient (Wildman–Crippen LogP) is 3.92. The van der Waals surface area contributed by atoms with Gasteiger partial charge in [0.25, 0.3) is 11.8 Å². The number of fused-ring (bicyclic) bond motifs is 2. The minimum atomic E-state index is -1.62. The Hall–Kier alpha value is -4.72. The average Bonchev–Trinajstić information content (AvgIpc) is 3.32. The van der Waals surface area contributed by atoms with Gasteiger partial charge in [-0.25, -0.2) is 0 Å². The summed E-state index contributed by atoms with van der Waals surface area (Å²) >= 11 is 0. The van der Waals surface area contributed by atoms with Crippen molar-refractivity contribution in [1.29, 1.82) is 0 Å². The summed E-state index contributed by atoms with van der Waals surface area (Å²) in [5, 5.41) is 3.59. The highest BCUT2D eigenvalue weighted by molar-refractivity contribution is 6.16. The molecule has 2 heterocycles. The molecular weight excluding hydrogens is 480 g/mol. The highest BCUT2D eigenvalue weighted by Crippen LogP contribution is 2.43.